The average molecular weight is 368 g/mol. The van der Waals surface area contributed by atoms with Gasteiger partial charge in [-0.2, -0.15) is 4.68 Å². The number of aryl methyl sites for hydroxylation is 2. The van der Waals surface area contributed by atoms with Crippen molar-refractivity contribution < 1.29 is 4.39 Å². The van der Waals surface area contributed by atoms with Crippen LogP contribution in [0.5, 0.6) is 0 Å². The van der Waals surface area contributed by atoms with Crippen molar-refractivity contribution in [2.45, 2.75) is 31.3 Å². The van der Waals surface area contributed by atoms with E-state index in [9.17, 15) is 4.39 Å². The van der Waals surface area contributed by atoms with Gasteiger partial charge in [0.25, 0.3) is 0 Å². The van der Waals surface area contributed by atoms with Crippen LogP contribution >= 0.6 is 11.8 Å². The Hall–Kier alpha value is -2.74. The lowest BCUT2D eigenvalue weighted by atomic mass is 10.2. The molecule has 0 N–H and O–H groups in total. The molecule has 26 heavy (non-hydrogen) atoms. The number of thioether (sulfide) groups is 1. The summed E-state index contributed by atoms with van der Waals surface area (Å²) in [5, 5.41) is 12.6. The number of hydrogen-bond donors (Lipinski definition) is 0. The molecule has 0 radical (unpaired) electrons. The largest absolute Gasteiger partial charge is 0.319 e. The second-order valence-corrected chi connectivity index (χ2v) is 6.82. The van der Waals surface area contributed by atoms with E-state index in [-0.39, 0.29) is 5.82 Å². The first-order valence-corrected chi connectivity index (χ1v) is 9.27. The van der Waals surface area contributed by atoms with Crippen LogP contribution in [0.4, 0.5) is 4.39 Å². The number of para-hydroxylation sites is 2. The molecule has 2 aromatic carbocycles. The van der Waals surface area contributed by atoms with Crippen molar-refractivity contribution >= 4 is 22.8 Å². The first-order chi connectivity index (χ1) is 12.7. The second-order valence-electron chi connectivity index (χ2n) is 5.88. The SMILES string of the molecule is CCn1c(SCc2nnnn2-c2cc(C)ccc2F)nc2ccccc21. The fraction of sp³-hybridized carbons (Fsp3) is 0.222. The molecule has 6 nitrogen and oxygen atoms in total. The normalized spacial score (nSPS) is 11.3. The van der Waals surface area contributed by atoms with Gasteiger partial charge in [-0.15, -0.1) is 5.10 Å². The van der Waals surface area contributed by atoms with E-state index >= 15 is 0 Å². The van der Waals surface area contributed by atoms with Crippen molar-refractivity contribution in [2.75, 3.05) is 0 Å². The van der Waals surface area contributed by atoms with Crippen molar-refractivity contribution in [3.8, 4) is 5.69 Å². The Morgan fingerprint density at radius 3 is 2.85 bits per heavy atom. The molecular formula is C18H17FN6S. The van der Waals surface area contributed by atoms with E-state index in [1.165, 1.54) is 10.7 Å². The molecule has 0 aliphatic rings. The number of nitrogens with zero attached hydrogens (tertiary/aromatic N) is 6. The predicted octanol–water partition coefficient (Wildman–Crippen LogP) is 3.77. The Kier molecular flexibility index (Phi) is 4.42. The summed E-state index contributed by atoms with van der Waals surface area (Å²) < 4.78 is 17.8. The highest BCUT2D eigenvalue weighted by Gasteiger charge is 2.15. The highest BCUT2D eigenvalue weighted by atomic mass is 32.2. The van der Waals surface area contributed by atoms with Crippen LogP contribution in [0.3, 0.4) is 0 Å². The standard InChI is InChI=1S/C18H17FN6S/c1-3-24-15-7-5-4-6-14(15)20-18(24)26-11-17-21-22-23-25(17)16-10-12(2)8-9-13(16)19/h4-10H,3,11H2,1-2H3. The van der Waals surface area contributed by atoms with Gasteiger partial charge in [-0.1, -0.05) is 30.0 Å². The third-order valence-corrected chi connectivity index (χ3v) is 5.10. The van der Waals surface area contributed by atoms with E-state index in [0.717, 1.165) is 28.3 Å². The summed E-state index contributed by atoms with van der Waals surface area (Å²) >= 11 is 1.54. The van der Waals surface area contributed by atoms with Gasteiger partial charge in [0.1, 0.15) is 11.5 Å². The lowest BCUT2D eigenvalue weighted by Crippen LogP contribution is -2.05. The summed E-state index contributed by atoms with van der Waals surface area (Å²) in [4.78, 5) is 4.69. The molecule has 0 atom stereocenters. The highest BCUT2D eigenvalue weighted by molar-refractivity contribution is 7.98. The number of aromatic nitrogens is 6. The minimum atomic E-state index is -0.352. The fourth-order valence-electron chi connectivity index (χ4n) is 2.87. The van der Waals surface area contributed by atoms with Crippen molar-refractivity contribution in [1.29, 1.82) is 0 Å². The van der Waals surface area contributed by atoms with E-state index < -0.39 is 0 Å². The zero-order chi connectivity index (χ0) is 18.1. The molecule has 0 bridgehead atoms. The highest BCUT2D eigenvalue weighted by Crippen LogP contribution is 2.27. The Morgan fingerprint density at radius 2 is 2.00 bits per heavy atom. The van der Waals surface area contributed by atoms with Crippen LogP contribution in [0.15, 0.2) is 47.6 Å². The molecule has 0 saturated carbocycles. The zero-order valence-electron chi connectivity index (χ0n) is 14.4. The second kappa shape index (κ2) is 6.87. The van der Waals surface area contributed by atoms with Gasteiger partial charge in [-0.05, 0) is 54.1 Å². The molecule has 0 spiro atoms. The lowest BCUT2D eigenvalue weighted by Gasteiger charge is -2.07. The predicted molar refractivity (Wildman–Crippen MR) is 98.8 cm³/mol. The number of imidazole rings is 1. The molecule has 0 saturated heterocycles. The maximum absolute atomic E-state index is 14.2. The Morgan fingerprint density at radius 1 is 1.15 bits per heavy atom. The van der Waals surface area contributed by atoms with Crippen molar-refractivity contribution in [3.05, 3.63) is 59.7 Å². The van der Waals surface area contributed by atoms with Gasteiger partial charge in [0.15, 0.2) is 11.0 Å². The minimum Gasteiger partial charge on any atom is -0.319 e. The van der Waals surface area contributed by atoms with Crippen LogP contribution in [0.25, 0.3) is 16.7 Å². The summed E-state index contributed by atoms with van der Waals surface area (Å²) in [5.74, 6) is 0.716. The fourth-order valence-corrected chi connectivity index (χ4v) is 3.85. The van der Waals surface area contributed by atoms with Crippen molar-refractivity contribution in [1.82, 2.24) is 29.8 Å². The number of hydrogen-bond acceptors (Lipinski definition) is 5. The first kappa shape index (κ1) is 16.7. The summed E-state index contributed by atoms with van der Waals surface area (Å²) in [6, 6.07) is 12.9. The molecule has 2 heterocycles. The van der Waals surface area contributed by atoms with Gasteiger partial charge in [-0.25, -0.2) is 9.37 Å². The van der Waals surface area contributed by atoms with E-state index in [1.807, 2.05) is 25.1 Å². The Balaban J connectivity index is 1.64. The van der Waals surface area contributed by atoms with Gasteiger partial charge in [-0.3, -0.25) is 0 Å². The monoisotopic (exact) mass is 368 g/mol. The summed E-state index contributed by atoms with van der Waals surface area (Å²) in [6.45, 7) is 4.82. The summed E-state index contributed by atoms with van der Waals surface area (Å²) in [6.07, 6.45) is 0. The number of fused-ring (bicyclic) bond motifs is 1. The smallest absolute Gasteiger partial charge is 0.169 e. The van der Waals surface area contributed by atoms with Crippen LogP contribution < -0.4 is 0 Å². The molecule has 0 amide bonds. The van der Waals surface area contributed by atoms with Crippen LogP contribution in [0.1, 0.15) is 18.3 Å². The van der Waals surface area contributed by atoms with Crippen LogP contribution in [-0.4, -0.2) is 29.8 Å². The summed E-state index contributed by atoms with van der Waals surface area (Å²) in [5.41, 5.74) is 3.36. The van der Waals surface area contributed by atoms with E-state index in [4.69, 9.17) is 4.98 Å². The molecule has 0 aliphatic heterocycles. The molecule has 2 aromatic heterocycles. The molecule has 4 aromatic rings. The van der Waals surface area contributed by atoms with Crippen LogP contribution in [0, 0.1) is 12.7 Å². The van der Waals surface area contributed by atoms with Crippen molar-refractivity contribution in [2.24, 2.45) is 0 Å². The van der Waals surface area contributed by atoms with E-state index in [0.29, 0.717) is 17.3 Å². The van der Waals surface area contributed by atoms with Gasteiger partial charge in [0.05, 0.1) is 16.8 Å². The molecule has 0 aliphatic carbocycles. The third-order valence-electron chi connectivity index (χ3n) is 4.13. The van der Waals surface area contributed by atoms with Crippen LogP contribution in [-0.2, 0) is 12.3 Å². The van der Waals surface area contributed by atoms with Crippen LogP contribution in [0.2, 0.25) is 0 Å². The number of rotatable bonds is 5. The molecular weight excluding hydrogens is 351 g/mol. The van der Waals surface area contributed by atoms with Crippen molar-refractivity contribution in [3.63, 3.8) is 0 Å². The number of tetrazole rings is 1. The summed E-state index contributed by atoms with van der Waals surface area (Å²) in [7, 11) is 0. The first-order valence-electron chi connectivity index (χ1n) is 8.29. The molecule has 0 fully saturated rings. The maximum Gasteiger partial charge on any atom is 0.169 e. The number of halogens is 1. The van der Waals surface area contributed by atoms with Gasteiger partial charge >= 0.3 is 0 Å². The molecule has 132 valence electrons. The molecule has 4 rings (SSSR count). The molecule has 0 unspecified atom stereocenters. The van der Waals surface area contributed by atoms with E-state index in [1.54, 1.807) is 23.9 Å². The third kappa shape index (κ3) is 2.96. The Bertz CT molecular complexity index is 1070. The topological polar surface area (TPSA) is 61.4 Å². The molecule has 8 heteroatoms. The van der Waals surface area contributed by atoms with Gasteiger partial charge in [0.2, 0.25) is 0 Å². The van der Waals surface area contributed by atoms with Gasteiger partial charge < -0.3 is 4.57 Å². The van der Waals surface area contributed by atoms with E-state index in [2.05, 4.69) is 33.1 Å². The average Bonchev–Trinajstić information content (AvgIpc) is 3.25. The van der Waals surface area contributed by atoms with Gasteiger partial charge in [0, 0.05) is 6.54 Å². The Labute approximate surface area is 154 Å². The minimum absolute atomic E-state index is 0.352. The lowest BCUT2D eigenvalue weighted by molar-refractivity contribution is 0.603. The number of benzene rings is 2. The maximum atomic E-state index is 14.2. The quantitative estimate of drug-likeness (QED) is 0.502. The zero-order valence-corrected chi connectivity index (χ0v) is 15.2.